The molecule has 0 saturated heterocycles. The Morgan fingerprint density at radius 3 is 2.71 bits per heavy atom. The third-order valence-electron chi connectivity index (χ3n) is 3.32. The van der Waals surface area contributed by atoms with Gasteiger partial charge in [-0.1, -0.05) is 12.1 Å². The first-order chi connectivity index (χ1) is 9.65. The molecule has 0 aliphatic heterocycles. The van der Waals surface area contributed by atoms with Crippen molar-refractivity contribution in [3.63, 3.8) is 0 Å². The molecule has 0 fully saturated rings. The Labute approximate surface area is 126 Å². The Kier molecular flexibility index (Phi) is 6.30. The maximum absolute atomic E-state index is 11.3. The van der Waals surface area contributed by atoms with Gasteiger partial charge in [0.05, 0.1) is 10.5 Å². The third kappa shape index (κ3) is 6.11. The van der Waals surface area contributed by atoms with E-state index in [1.807, 2.05) is 13.0 Å². The van der Waals surface area contributed by atoms with Gasteiger partial charge in [0.1, 0.15) is 0 Å². The van der Waals surface area contributed by atoms with Crippen molar-refractivity contribution < 1.29 is 18.3 Å². The Hall–Kier alpha value is -0.990. The lowest BCUT2D eigenvalue weighted by atomic mass is 10.0. The second-order valence-corrected chi connectivity index (χ2v) is 7.02. The second-order valence-electron chi connectivity index (χ2n) is 5.46. The Bertz CT molecular complexity index is 558. The monoisotopic (exact) mass is 316 g/mol. The van der Waals surface area contributed by atoms with E-state index in [0.29, 0.717) is 19.6 Å². The van der Waals surface area contributed by atoms with Crippen LogP contribution in [0.3, 0.4) is 0 Å². The van der Waals surface area contributed by atoms with Gasteiger partial charge >= 0.3 is 0 Å². The lowest BCUT2D eigenvalue weighted by Gasteiger charge is -2.26. The molecule has 0 heterocycles. The van der Waals surface area contributed by atoms with Crippen LogP contribution in [0.15, 0.2) is 29.2 Å². The molecule has 0 bridgehead atoms. The van der Waals surface area contributed by atoms with Crippen LogP contribution in [0.1, 0.15) is 31.9 Å². The number of benzene rings is 1. The first kappa shape index (κ1) is 18.1. The normalized spacial score (nSPS) is 16.4. The quantitative estimate of drug-likeness (QED) is 0.657. The highest BCUT2D eigenvalue weighted by molar-refractivity contribution is 7.89. The number of nitrogens with one attached hydrogen (secondary N) is 1. The highest BCUT2D eigenvalue weighted by Gasteiger charge is 2.21. The minimum atomic E-state index is -3.71. The van der Waals surface area contributed by atoms with Gasteiger partial charge in [-0.3, -0.25) is 0 Å². The van der Waals surface area contributed by atoms with Gasteiger partial charge in [0.15, 0.2) is 0 Å². The smallest absolute Gasteiger partial charge is 0.238 e. The number of aliphatic hydroxyl groups is 1. The van der Waals surface area contributed by atoms with Crippen molar-refractivity contribution in [1.82, 2.24) is 5.32 Å². The number of rotatable bonds is 8. The Morgan fingerprint density at radius 2 is 2.14 bits per heavy atom. The zero-order chi connectivity index (χ0) is 16.1. The van der Waals surface area contributed by atoms with Crippen LogP contribution in [0, 0.1) is 0 Å². The molecule has 0 amide bonds. The number of ether oxygens (including phenoxy) is 1. The summed E-state index contributed by atoms with van der Waals surface area (Å²) in [6.45, 7) is 4.47. The first-order valence-electron chi connectivity index (χ1n) is 6.73. The van der Waals surface area contributed by atoms with Crippen LogP contribution in [0.4, 0.5) is 0 Å². The van der Waals surface area contributed by atoms with E-state index in [1.165, 1.54) is 12.1 Å². The van der Waals surface area contributed by atoms with Gasteiger partial charge in [0.25, 0.3) is 0 Å². The fourth-order valence-corrected chi connectivity index (χ4v) is 2.43. The van der Waals surface area contributed by atoms with Crippen molar-refractivity contribution in [2.24, 2.45) is 5.14 Å². The van der Waals surface area contributed by atoms with Gasteiger partial charge in [0, 0.05) is 32.7 Å². The highest BCUT2D eigenvalue weighted by Crippen LogP contribution is 2.18. The molecule has 120 valence electrons. The summed E-state index contributed by atoms with van der Waals surface area (Å²) >= 11 is 0. The molecule has 0 aliphatic rings. The maximum Gasteiger partial charge on any atom is 0.238 e. The Morgan fingerprint density at radius 1 is 1.48 bits per heavy atom. The number of nitrogens with two attached hydrogens (primary N) is 1. The van der Waals surface area contributed by atoms with Crippen LogP contribution in [0.5, 0.6) is 0 Å². The number of hydrogen-bond acceptors (Lipinski definition) is 5. The van der Waals surface area contributed by atoms with Crippen molar-refractivity contribution in [2.75, 3.05) is 20.3 Å². The van der Waals surface area contributed by atoms with E-state index < -0.39 is 15.6 Å². The fraction of sp³-hybridized carbons (Fsp3) is 0.571. The van der Waals surface area contributed by atoms with Crippen molar-refractivity contribution >= 4 is 10.0 Å². The second kappa shape index (κ2) is 7.33. The van der Waals surface area contributed by atoms with Gasteiger partial charge in [-0.25, -0.2) is 13.6 Å². The van der Waals surface area contributed by atoms with E-state index in [1.54, 1.807) is 20.1 Å². The zero-order valence-corrected chi connectivity index (χ0v) is 13.5. The molecule has 0 aliphatic carbocycles. The highest BCUT2D eigenvalue weighted by atomic mass is 32.2. The summed E-state index contributed by atoms with van der Waals surface area (Å²) in [7, 11) is -2.12. The predicted octanol–water partition coefficient (Wildman–Crippen LogP) is 0.772. The fourth-order valence-electron chi connectivity index (χ4n) is 1.86. The summed E-state index contributed by atoms with van der Waals surface area (Å²) in [5, 5.41) is 18.5. The van der Waals surface area contributed by atoms with Crippen molar-refractivity contribution in [2.45, 2.75) is 36.8 Å². The molecule has 1 aromatic rings. The lowest BCUT2D eigenvalue weighted by molar-refractivity contribution is 0.0231. The molecule has 2 atom stereocenters. The summed E-state index contributed by atoms with van der Waals surface area (Å²) in [5.41, 5.74) is -0.0916. The molecule has 0 spiro atoms. The number of primary sulfonamides is 1. The molecule has 6 nitrogen and oxygen atoms in total. The predicted molar refractivity (Wildman–Crippen MR) is 81.3 cm³/mol. The van der Waals surface area contributed by atoms with Gasteiger partial charge in [0.2, 0.25) is 10.0 Å². The van der Waals surface area contributed by atoms with E-state index in [2.05, 4.69) is 5.32 Å². The van der Waals surface area contributed by atoms with Crippen LogP contribution >= 0.6 is 0 Å². The van der Waals surface area contributed by atoms with Gasteiger partial charge < -0.3 is 15.2 Å². The summed E-state index contributed by atoms with van der Waals surface area (Å²) in [6.07, 6.45) is 0.514. The number of methoxy groups -OCH3 is 1. The molecule has 0 radical (unpaired) electrons. The molecular formula is C14H24N2O4S. The number of hydrogen-bond donors (Lipinski definition) is 3. The van der Waals surface area contributed by atoms with E-state index in [4.69, 9.17) is 9.88 Å². The largest absolute Gasteiger partial charge is 0.389 e. The van der Waals surface area contributed by atoms with E-state index in [9.17, 15) is 13.5 Å². The molecular weight excluding hydrogens is 292 g/mol. The summed E-state index contributed by atoms with van der Waals surface area (Å²) in [5.74, 6) is 0. The van der Waals surface area contributed by atoms with Crippen LogP contribution in [-0.4, -0.2) is 39.4 Å². The van der Waals surface area contributed by atoms with Gasteiger partial charge in [-0.05, 0) is 31.5 Å². The van der Waals surface area contributed by atoms with E-state index >= 15 is 0 Å². The van der Waals surface area contributed by atoms with Crippen molar-refractivity contribution in [1.29, 1.82) is 0 Å². The molecule has 1 rings (SSSR count). The molecule has 21 heavy (non-hydrogen) atoms. The summed E-state index contributed by atoms with van der Waals surface area (Å²) in [6, 6.07) is 6.35. The molecule has 7 heteroatoms. The van der Waals surface area contributed by atoms with Crippen LogP contribution in [0.2, 0.25) is 0 Å². The molecule has 0 aromatic heterocycles. The minimum Gasteiger partial charge on any atom is -0.389 e. The van der Waals surface area contributed by atoms with Crippen LogP contribution in [0.25, 0.3) is 0 Å². The van der Waals surface area contributed by atoms with E-state index in [-0.39, 0.29) is 10.9 Å². The molecule has 0 saturated carbocycles. The SMILES string of the molecule is COCCC(C)(O)CNC(C)c1cccc(S(N)(=O)=O)c1. The average Bonchev–Trinajstić information content (AvgIpc) is 2.42. The lowest BCUT2D eigenvalue weighted by Crippen LogP contribution is -2.39. The van der Waals surface area contributed by atoms with Crippen molar-refractivity contribution in [3.05, 3.63) is 29.8 Å². The van der Waals surface area contributed by atoms with E-state index in [0.717, 1.165) is 5.56 Å². The van der Waals surface area contributed by atoms with Crippen LogP contribution in [-0.2, 0) is 14.8 Å². The standard InChI is InChI=1S/C14H24N2O4S/c1-11(16-10-14(2,17)7-8-20-3)12-5-4-6-13(9-12)21(15,18)19/h4-6,9,11,16-17H,7-8,10H2,1-3H3,(H2,15,18,19). The summed E-state index contributed by atoms with van der Waals surface area (Å²) in [4.78, 5) is 0.0831. The Balaban J connectivity index is 2.70. The maximum atomic E-state index is 11.3. The third-order valence-corrected chi connectivity index (χ3v) is 4.23. The summed E-state index contributed by atoms with van der Waals surface area (Å²) < 4.78 is 27.6. The van der Waals surface area contributed by atoms with Gasteiger partial charge in [-0.2, -0.15) is 0 Å². The van der Waals surface area contributed by atoms with Crippen LogP contribution < -0.4 is 10.5 Å². The van der Waals surface area contributed by atoms with Gasteiger partial charge in [-0.15, -0.1) is 0 Å². The molecule has 2 unspecified atom stereocenters. The minimum absolute atomic E-state index is 0.0831. The molecule has 4 N–H and O–H groups in total. The average molecular weight is 316 g/mol. The zero-order valence-electron chi connectivity index (χ0n) is 12.7. The first-order valence-corrected chi connectivity index (χ1v) is 8.28. The molecule has 1 aromatic carbocycles. The number of sulfonamides is 1. The topological polar surface area (TPSA) is 102 Å². The van der Waals surface area contributed by atoms with Crippen molar-refractivity contribution in [3.8, 4) is 0 Å².